The highest BCUT2D eigenvalue weighted by molar-refractivity contribution is 8.18. The number of amides is 2. The molecule has 3 rings (SSSR count). The van der Waals surface area contributed by atoms with E-state index in [1.54, 1.807) is 36.4 Å². The Morgan fingerprint density at radius 2 is 1.90 bits per heavy atom. The van der Waals surface area contributed by atoms with E-state index >= 15 is 0 Å². The molecule has 0 aromatic heterocycles. The highest BCUT2D eigenvalue weighted by Crippen LogP contribution is 2.35. The summed E-state index contributed by atoms with van der Waals surface area (Å²) in [7, 11) is 1.41. The second-order valence-corrected chi connectivity index (χ2v) is 7.92. The van der Waals surface area contributed by atoms with Gasteiger partial charge in [0.15, 0.2) is 18.1 Å². The number of benzene rings is 2. The van der Waals surface area contributed by atoms with E-state index in [2.05, 4.69) is 0 Å². The number of methoxy groups -OCH3 is 1. The molecule has 30 heavy (non-hydrogen) atoms. The number of aliphatic carboxylic acids is 1. The van der Waals surface area contributed by atoms with E-state index in [-0.39, 0.29) is 17.2 Å². The number of hydrogen-bond donors (Lipinski definition) is 1. The van der Waals surface area contributed by atoms with Crippen molar-refractivity contribution in [3.8, 4) is 11.5 Å². The zero-order valence-corrected chi connectivity index (χ0v) is 17.9. The number of carbonyl (C=O) groups is 3. The van der Waals surface area contributed by atoms with Gasteiger partial charge < -0.3 is 14.6 Å². The molecule has 1 aliphatic rings. The Balaban J connectivity index is 1.79. The van der Waals surface area contributed by atoms with Crippen LogP contribution in [0.25, 0.3) is 6.08 Å². The molecule has 0 aliphatic carbocycles. The van der Waals surface area contributed by atoms with E-state index in [0.717, 1.165) is 16.7 Å². The fourth-order valence-corrected chi connectivity index (χ4v) is 3.80. The summed E-state index contributed by atoms with van der Waals surface area (Å²) < 4.78 is 10.4. The third-order valence-corrected chi connectivity index (χ3v) is 5.68. The van der Waals surface area contributed by atoms with E-state index in [4.69, 9.17) is 37.8 Å². The van der Waals surface area contributed by atoms with E-state index in [1.165, 1.54) is 13.2 Å². The van der Waals surface area contributed by atoms with Crippen LogP contribution in [0, 0.1) is 0 Å². The average Bonchev–Trinajstić information content (AvgIpc) is 2.96. The zero-order chi connectivity index (χ0) is 21.8. The Kier molecular flexibility index (Phi) is 6.91. The quantitative estimate of drug-likeness (QED) is 0.589. The van der Waals surface area contributed by atoms with Crippen LogP contribution in [0.2, 0.25) is 10.0 Å². The topological polar surface area (TPSA) is 93.1 Å². The predicted octanol–water partition coefficient (Wildman–Crippen LogP) is 4.70. The summed E-state index contributed by atoms with van der Waals surface area (Å²) >= 11 is 12.7. The molecule has 2 aromatic rings. The van der Waals surface area contributed by atoms with Crippen molar-refractivity contribution in [2.45, 2.75) is 6.54 Å². The Morgan fingerprint density at radius 1 is 1.13 bits per heavy atom. The minimum absolute atomic E-state index is 0.0736. The first kappa shape index (κ1) is 22.0. The maximum atomic E-state index is 12.7. The average molecular weight is 468 g/mol. The Hall–Kier alpha value is -2.68. The molecule has 10 heteroatoms. The van der Waals surface area contributed by atoms with Gasteiger partial charge in [0, 0.05) is 0 Å². The highest BCUT2D eigenvalue weighted by Gasteiger charge is 2.35. The van der Waals surface area contributed by atoms with Crippen molar-refractivity contribution < 1.29 is 29.0 Å². The number of ether oxygens (including phenoxy) is 2. The molecule has 0 radical (unpaired) electrons. The molecule has 0 atom stereocenters. The van der Waals surface area contributed by atoms with Crippen molar-refractivity contribution in [1.29, 1.82) is 0 Å². The molecule has 0 saturated carbocycles. The molecular formula is C20H15Cl2NO6S. The Bertz CT molecular complexity index is 1060. The van der Waals surface area contributed by atoms with Crippen molar-refractivity contribution in [2.75, 3.05) is 13.7 Å². The van der Waals surface area contributed by atoms with Crippen molar-refractivity contribution in [2.24, 2.45) is 0 Å². The van der Waals surface area contributed by atoms with E-state index in [0.29, 0.717) is 26.9 Å². The van der Waals surface area contributed by atoms with Crippen LogP contribution in [0.1, 0.15) is 11.1 Å². The SMILES string of the molecule is COc1cc(C=C2SC(=O)N(Cc3ccc(Cl)c(Cl)c3)C2=O)ccc1OCC(=O)O. The third-order valence-electron chi connectivity index (χ3n) is 4.03. The van der Waals surface area contributed by atoms with Gasteiger partial charge in [-0.15, -0.1) is 0 Å². The summed E-state index contributed by atoms with van der Waals surface area (Å²) in [5.41, 5.74) is 1.27. The molecular weight excluding hydrogens is 453 g/mol. The smallest absolute Gasteiger partial charge is 0.341 e. The number of carboxylic acid groups (broad SMARTS) is 1. The van der Waals surface area contributed by atoms with Gasteiger partial charge >= 0.3 is 5.97 Å². The molecule has 156 valence electrons. The van der Waals surface area contributed by atoms with E-state index < -0.39 is 23.7 Å². The number of halogens is 2. The van der Waals surface area contributed by atoms with Gasteiger partial charge in [0.05, 0.1) is 28.6 Å². The summed E-state index contributed by atoms with van der Waals surface area (Å²) in [6.07, 6.45) is 1.56. The van der Waals surface area contributed by atoms with Gasteiger partial charge in [0.2, 0.25) is 0 Å². The van der Waals surface area contributed by atoms with Crippen LogP contribution in [0.4, 0.5) is 4.79 Å². The maximum absolute atomic E-state index is 12.7. The van der Waals surface area contributed by atoms with Crippen molar-refractivity contribution in [3.05, 3.63) is 62.5 Å². The molecule has 1 heterocycles. The van der Waals surface area contributed by atoms with Gasteiger partial charge in [-0.1, -0.05) is 35.3 Å². The molecule has 0 bridgehead atoms. The van der Waals surface area contributed by atoms with Crippen LogP contribution in [0.15, 0.2) is 41.3 Å². The monoisotopic (exact) mass is 467 g/mol. The zero-order valence-electron chi connectivity index (χ0n) is 15.6. The van der Waals surface area contributed by atoms with Gasteiger partial charge in [-0.05, 0) is 53.2 Å². The minimum atomic E-state index is -1.11. The van der Waals surface area contributed by atoms with Crippen molar-refractivity contribution in [3.63, 3.8) is 0 Å². The first-order valence-corrected chi connectivity index (χ1v) is 10.1. The van der Waals surface area contributed by atoms with Gasteiger partial charge in [-0.3, -0.25) is 14.5 Å². The van der Waals surface area contributed by atoms with Gasteiger partial charge in [-0.25, -0.2) is 4.79 Å². The summed E-state index contributed by atoms with van der Waals surface area (Å²) in [4.78, 5) is 37.1. The minimum Gasteiger partial charge on any atom is -0.493 e. The Morgan fingerprint density at radius 3 is 2.57 bits per heavy atom. The lowest BCUT2D eigenvalue weighted by Crippen LogP contribution is -2.27. The van der Waals surface area contributed by atoms with Crippen LogP contribution in [-0.4, -0.2) is 40.8 Å². The standard InChI is InChI=1S/C20H15Cl2NO6S/c1-28-16-7-11(3-5-15(16)29-10-18(24)25)8-17-19(26)23(20(27)30-17)9-12-2-4-13(21)14(22)6-12/h2-8H,9-10H2,1H3,(H,24,25). The number of carbonyl (C=O) groups excluding carboxylic acids is 2. The molecule has 1 fully saturated rings. The lowest BCUT2D eigenvalue weighted by Gasteiger charge is -2.13. The molecule has 1 saturated heterocycles. The summed E-state index contributed by atoms with van der Waals surface area (Å²) in [5, 5.41) is 9.06. The maximum Gasteiger partial charge on any atom is 0.341 e. The molecule has 1 N–H and O–H groups in total. The lowest BCUT2D eigenvalue weighted by molar-refractivity contribution is -0.139. The van der Waals surface area contributed by atoms with Gasteiger partial charge in [0.25, 0.3) is 11.1 Å². The summed E-state index contributed by atoms with van der Waals surface area (Å²) in [6, 6.07) is 9.66. The van der Waals surface area contributed by atoms with Crippen LogP contribution in [0.5, 0.6) is 11.5 Å². The number of carboxylic acids is 1. The van der Waals surface area contributed by atoms with Gasteiger partial charge in [0.1, 0.15) is 0 Å². The van der Waals surface area contributed by atoms with Crippen LogP contribution in [-0.2, 0) is 16.1 Å². The molecule has 7 nitrogen and oxygen atoms in total. The second kappa shape index (κ2) is 9.42. The number of thioether (sulfide) groups is 1. The molecule has 2 aromatic carbocycles. The molecule has 0 unspecified atom stereocenters. The summed E-state index contributed by atoms with van der Waals surface area (Å²) in [5.74, 6) is -0.983. The molecule has 2 amide bonds. The van der Waals surface area contributed by atoms with Crippen LogP contribution < -0.4 is 9.47 Å². The first-order valence-electron chi connectivity index (χ1n) is 8.50. The fraction of sp³-hybridized carbons (Fsp3) is 0.150. The van der Waals surface area contributed by atoms with Crippen molar-refractivity contribution >= 4 is 58.2 Å². The van der Waals surface area contributed by atoms with Crippen LogP contribution in [0.3, 0.4) is 0 Å². The second-order valence-electron chi connectivity index (χ2n) is 6.11. The highest BCUT2D eigenvalue weighted by atomic mass is 35.5. The third kappa shape index (κ3) is 5.08. The lowest BCUT2D eigenvalue weighted by atomic mass is 10.1. The normalized spacial score (nSPS) is 15.0. The van der Waals surface area contributed by atoms with Crippen LogP contribution >= 0.6 is 35.0 Å². The van der Waals surface area contributed by atoms with E-state index in [1.807, 2.05) is 0 Å². The number of hydrogen-bond acceptors (Lipinski definition) is 6. The molecule has 0 spiro atoms. The number of nitrogens with zero attached hydrogens (tertiary/aromatic N) is 1. The largest absolute Gasteiger partial charge is 0.493 e. The Labute approximate surface area is 186 Å². The summed E-state index contributed by atoms with van der Waals surface area (Å²) in [6.45, 7) is -0.437. The predicted molar refractivity (Wildman–Crippen MR) is 114 cm³/mol. The van der Waals surface area contributed by atoms with Crippen molar-refractivity contribution in [1.82, 2.24) is 4.90 Å². The number of rotatable bonds is 7. The fourth-order valence-electron chi connectivity index (χ4n) is 2.64. The molecule has 1 aliphatic heterocycles. The van der Waals surface area contributed by atoms with E-state index in [9.17, 15) is 14.4 Å². The number of imide groups is 1. The first-order chi connectivity index (χ1) is 14.3. The van der Waals surface area contributed by atoms with Gasteiger partial charge in [-0.2, -0.15) is 0 Å².